The summed E-state index contributed by atoms with van der Waals surface area (Å²) in [5.41, 5.74) is 24.7. The van der Waals surface area contributed by atoms with Gasteiger partial charge in [0.15, 0.2) is 23.1 Å². The highest BCUT2D eigenvalue weighted by atomic mass is 127. The lowest BCUT2D eigenvalue weighted by Gasteiger charge is -2.32. The number of anilines is 1. The second-order valence-corrected chi connectivity index (χ2v) is 34.2. The molecule has 0 amide bonds. The topological polar surface area (TPSA) is 326 Å². The third-order valence-electron chi connectivity index (χ3n) is 23.7. The molecule has 9 aromatic carbocycles. The van der Waals surface area contributed by atoms with Crippen LogP contribution in [0.2, 0.25) is 0 Å². The van der Waals surface area contributed by atoms with Crippen LogP contribution in [0.5, 0.6) is 23.0 Å². The Morgan fingerprint density at radius 2 is 0.815 bits per heavy atom. The summed E-state index contributed by atoms with van der Waals surface area (Å²) in [7, 11) is 2.22. The van der Waals surface area contributed by atoms with E-state index < -0.39 is 46.3 Å². The number of carbonyl (C=O) groups is 7. The molecular weight excluding hydrogens is 1770 g/mol. The Labute approximate surface area is 778 Å². The number of carboxylic acid groups (broad SMARTS) is 1. The lowest BCUT2D eigenvalue weighted by Crippen LogP contribution is -2.41. The number of ketones is 4. The summed E-state index contributed by atoms with van der Waals surface area (Å²) in [6.45, 7) is 34.6. The zero-order valence-electron chi connectivity index (χ0n) is 75.2. The first-order valence-electron chi connectivity index (χ1n) is 42.0. The first kappa shape index (κ1) is 109. The van der Waals surface area contributed by atoms with Crippen LogP contribution < -0.4 is 30.1 Å². The summed E-state index contributed by atoms with van der Waals surface area (Å²) < 4.78 is 77.6. The summed E-state index contributed by atoms with van der Waals surface area (Å²) in [5.74, 6) is 0.858. The maximum atomic E-state index is 15.2. The van der Waals surface area contributed by atoms with Gasteiger partial charge >= 0.3 is 25.0 Å². The van der Waals surface area contributed by atoms with Gasteiger partial charge in [-0.3, -0.25) is 49.0 Å². The highest BCUT2D eigenvalue weighted by Crippen LogP contribution is 2.48. The number of hydrogen-bond donors (Lipinski definition) is 2. The van der Waals surface area contributed by atoms with Gasteiger partial charge in [-0.25, -0.2) is 13.6 Å². The molecule has 0 unspecified atom stereocenters. The van der Waals surface area contributed by atoms with Crippen LogP contribution in [0.3, 0.4) is 0 Å². The van der Waals surface area contributed by atoms with Crippen molar-refractivity contribution in [1.29, 1.82) is 0 Å². The predicted octanol–water partition coefficient (Wildman–Crippen LogP) is 24.3. The van der Waals surface area contributed by atoms with Crippen LogP contribution in [0, 0.1) is 105 Å². The molecule has 0 saturated carbocycles. The molecule has 4 atom stereocenters. The smallest absolute Gasteiger partial charge is 0.492 e. The molecule has 3 N–H and O–H groups in total. The van der Waals surface area contributed by atoms with Crippen molar-refractivity contribution >= 4 is 93.3 Å². The van der Waals surface area contributed by atoms with Crippen molar-refractivity contribution in [2.75, 3.05) is 33.2 Å². The van der Waals surface area contributed by atoms with Crippen molar-refractivity contribution in [2.45, 2.75) is 254 Å². The van der Waals surface area contributed by atoms with Crippen LogP contribution in [-0.2, 0) is 41.2 Å². The van der Waals surface area contributed by atoms with Gasteiger partial charge < -0.3 is 48.6 Å². The fourth-order valence-corrected chi connectivity index (χ4v) is 16.6. The number of esters is 2. The molecule has 14 rings (SSSR count). The highest BCUT2D eigenvalue weighted by Gasteiger charge is 2.53. The number of nitro benzene ring substituents is 2. The normalized spacial score (nSPS) is 15.5. The standard InChI is InChI=1S/C31H31FO5.C26H30BFO6.C11H13IO.C11H13NO3.C11H15NO.C9H9NO4.4CH4/c1-5-26(33)19-12-17(2)30(18(3)13-19)23-8-10-25(32)31-24(23)9-11-27(31)37-21-6-7-22-20(14-29(34)35-4)16-36-28(22)15-21;1-25(2)26(3,4)34-27(33-25)19-9-10-20(28)24-18(19)8-11-21(24)32-16-6-7-17-15(12-23(29)30-5)14-31-22(17)13-16;1-4-10(13)9-5-7(2)11(12)8(3)6-9;1-4-10(13)9-5-7(2)11(12(14)15)8(3)6-9;1-4-10(13)9-5-7(2)11(12)8(3)6-9;1-5-3-7(9(11)12)4-6(2)8(5)10(13)14;;;;/h6-8,10,12-13,15,20,27H,5,9,11,14,16H2,1-4H3;6-7,9-10,13,15,21H,8,11-12,14H2,1-5H3;5-6H,4H2,1-3H3;5-6H,4H2,1-3H3;5-6H,4,12H2,1-3H3;3-4H,1-2H3,(H,11,12);4*1H4/t20-,27+;15-,21-;;;;;;;;/m11......../s1. The first-order chi connectivity index (χ1) is 59.4. The van der Waals surface area contributed by atoms with Crippen molar-refractivity contribution in [1.82, 2.24) is 0 Å². The van der Waals surface area contributed by atoms with E-state index in [-0.39, 0.29) is 118 Å². The van der Waals surface area contributed by atoms with Crippen molar-refractivity contribution in [3.05, 3.63) is 274 Å². The maximum Gasteiger partial charge on any atom is 0.495 e. The maximum absolute atomic E-state index is 15.2. The summed E-state index contributed by atoms with van der Waals surface area (Å²) in [6, 6.07) is 35.1. The van der Waals surface area contributed by atoms with E-state index in [0.29, 0.717) is 132 Å². The van der Waals surface area contributed by atoms with Gasteiger partial charge in [0.1, 0.15) is 46.8 Å². The minimum absolute atomic E-state index is 0. The summed E-state index contributed by atoms with van der Waals surface area (Å²) >= 11 is 2.31. The molecule has 0 radical (unpaired) electrons. The lowest BCUT2D eigenvalue weighted by atomic mass is 9.75. The van der Waals surface area contributed by atoms with Crippen molar-refractivity contribution in [2.24, 2.45) is 0 Å². The van der Waals surface area contributed by atoms with E-state index in [1.165, 1.54) is 67.0 Å². The van der Waals surface area contributed by atoms with Crippen molar-refractivity contribution in [3.8, 4) is 34.1 Å². The Bertz CT molecular complexity index is 5520. The average molecular weight is 1900 g/mol. The third kappa shape index (κ3) is 25.3. The van der Waals surface area contributed by atoms with E-state index in [2.05, 4.69) is 22.6 Å². The molecule has 0 aromatic heterocycles. The summed E-state index contributed by atoms with van der Waals surface area (Å²) in [4.78, 5) is 101. The fourth-order valence-electron chi connectivity index (χ4n) is 16.3. The number of benzene rings is 9. The average Bonchev–Trinajstić information content (AvgIpc) is 1.62. The second kappa shape index (κ2) is 46.8. The number of aromatic carboxylic acids is 1. The SMILES string of the molecule is C.C.C.C.CCC(=O)c1cc(C)c(-c2ccc(F)c3c2CC[C@@H]3Oc2ccc3c(c2)OC[C@H]3CC(=O)OC)c(C)c1.CCC(=O)c1cc(C)c(I)c(C)c1.CCC(=O)c1cc(C)c(N)c(C)c1.CCC(=O)c1cc(C)c([N+](=O)[O-])c(C)c1.COC(=O)C[C@@H]1COc2cc(O[C@@H]3CCc4c(B5OC(C)(C)C(C)(C)O5)ccc(F)c43)ccc21.Cc1cc(C(=O)O)cc(C)c1[N+](=O)[O-]. The second-order valence-electron chi connectivity index (χ2n) is 33.1. The van der Waals surface area contributed by atoms with E-state index in [9.17, 15) is 53.8 Å². The van der Waals surface area contributed by atoms with Crippen LogP contribution in [0.25, 0.3) is 11.1 Å². The largest absolute Gasteiger partial charge is 0.495 e. The minimum atomic E-state index is -1.08. The van der Waals surface area contributed by atoms with Gasteiger partial charge in [-0.1, -0.05) is 81.7 Å². The molecule has 1 saturated heterocycles. The molecule has 9 aromatic rings. The molecule has 23 nitrogen and oxygen atoms in total. The van der Waals surface area contributed by atoms with Crippen LogP contribution >= 0.6 is 22.6 Å². The third-order valence-corrected chi connectivity index (χ3v) is 25.4. The van der Waals surface area contributed by atoms with Crippen LogP contribution in [0.1, 0.15) is 301 Å². The number of carboxylic acids is 1. The van der Waals surface area contributed by atoms with Crippen LogP contribution in [-0.4, -0.2) is 102 Å². The molecule has 3 aliphatic heterocycles. The number of methoxy groups -OCH3 is 2. The number of ether oxygens (including phenoxy) is 6. The zero-order valence-corrected chi connectivity index (χ0v) is 77.4. The Hall–Kier alpha value is -11.6. The number of carbonyl (C=O) groups excluding carboxylic acids is 6. The van der Waals surface area contributed by atoms with Gasteiger partial charge in [-0.05, 0) is 291 Å². The number of aryl methyl sites for hydroxylation is 10. The van der Waals surface area contributed by atoms with Gasteiger partial charge in [0.25, 0.3) is 11.4 Å². The number of hydrogen-bond acceptors (Lipinski definition) is 20. The lowest BCUT2D eigenvalue weighted by molar-refractivity contribution is -0.386. The Morgan fingerprint density at radius 3 is 1.17 bits per heavy atom. The number of fused-ring (bicyclic) bond motifs is 4. The van der Waals surface area contributed by atoms with Gasteiger partial charge in [0, 0.05) is 126 Å². The Kier molecular flexibility index (Phi) is 39.2. The van der Waals surface area contributed by atoms with Crippen molar-refractivity contribution in [3.63, 3.8) is 0 Å². The number of nitrogens with zero attached hydrogens (tertiary/aromatic N) is 2. The molecule has 27 heteroatoms. The molecule has 5 aliphatic rings. The quantitative estimate of drug-likeness (QED) is 0.0128. The number of nitrogens with two attached hydrogens (primary N) is 1. The molecular formula is C103H127BF2IN3O20. The molecule has 130 heavy (non-hydrogen) atoms. The van der Waals surface area contributed by atoms with Crippen LogP contribution in [0.15, 0.2) is 121 Å². The first-order valence-corrected chi connectivity index (χ1v) is 43.1. The number of Topliss-reactive ketones (excluding diaryl/α,β-unsaturated/α-hetero) is 4. The molecule has 698 valence electrons. The van der Waals surface area contributed by atoms with Crippen molar-refractivity contribution < 1.29 is 95.0 Å². The van der Waals surface area contributed by atoms with E-state index >= 15 is 8.78 Å². The zero-order chi connectivity index (χ0) is 93.0. The van der Waals surface area contributed by atoms with E-state index in [1.54, 1.807) is 39.0 Å². The number of halogens is 3. The van der Waals surface area contributed by atoms with Crippen LogP contribution in [0.4, 0.5) is 25.8 Å². The van der Waals surface area contributed by atoms with E-state index in [4.69, 9.17) is 48.6 Å². The van der Waals surface area contributed by atoms with Gasteiger partial charge in [-0.2, -0.15) is 0 Å². The van der Waals surface area contributed by atoms with Gasteiger partial charge in [0.05, 0.1) is 66.9 Å². The monoisotopic (exact) mass is 1900 g/mol. The van der Waals surface area contributed by atoms with E-state index in [0.717, 1.165) is 77.9 Å². The molecule has 0 spiro atoms. The van der Waals surface area contributed by atoms with Gasteiger partial charge in [0.2, 0.25) is 0 Å². The number of nitrogen functional groups attached to an aromatic ring is 1. The Morgan fingerprint density at radius 1 is 0.485 bits per heavy atom. The molecule has 2 aliphatic carbocycles. The fraction of sp³-hybridized carbons (Fsp3) is 0.408. The molecule has 3 heterocycles. The summed E-state index contributed by atoms with van der Waals surface area (Å²) in [5, 5.41) is 30.0. The summed E-state index contributed by atoms with van der Waals surface area (Å²) in [6.07, 6.45) is 4.41. The molecule has 1 fully saturated rings. The van der Waals surface area contributed by atoms with Gasteiger partial charge in [-0.15, -0.1) is 0 Å². The number of nitro groups is 2. The predicted molar refractivity (Wildman–Crippen MR) is 516 cm³/mol. The number of rotatable bonds is 21. The Balaban J connectivity index is 0.000000293. The highest BCUT2D eigenvalue weighted by molar-refractivity contribution is 14.1. The minimum Gasteiger partial charge on any atom is -0.492 e. The molecule has 0 bridgehead atoms. The van der Waals surface area contributed by atoms with E-state index in [1.807, 2.05) is 169 Å².